The first kappa shape index (κ1) is 19.4. The lowest BCUT2D eigenvalue weighted by molar-refractivity contribution is -0.236. The predicted molar refractivity (Wildman–Crippen MR) is 101 cm³/mol. The molecule has 2 heterocycles. The number of cyclic esters (lactones) is 1. The highest BCUT2D eigenvalue weighted by Gasteiger charge is 2.70. The molecular formula is C21H18N2O7. The topological polar surface area (TPSA) is 113 Å². The van der Waals surface area contributed by atoms with E-state index >= 15 is 0 Å². The Morgan fingerprint density at radius 1 is 1.03 bits per heavy atom. The highest BCUT2D eigenvalue weighted by Crippen LogP contribution is 2.49. The molecule has 3 unspecified atom stereocenters. The first-order chi connectivity index (χ1) is 14.4. The van der Waals surface area contributed by atoms with Crippen molar-refractivity contribution in [3.63, 3.8) is 0 Å². The summed E-state index contributed by atoms with van der Waals surface area (Å²) < 4.78 is 5.57. The van der Waals surface area contributed by atoms with E-state index in [-0.39, 0.29) is 0 Å². The number of hydrogen-bond donors (Lipinski definition) is 1. The summed E-state index contributed by atoms with van der Waals surface area (Å²) in [6.07, 6.45) is -1.76. The van der Waals surface area contributed by atoms with E-state index in [1.54, 1.807) is 60.7 Å². The zero-order valence-corrected chi connectivity index (χ0v) is 15.9. The van der Waals surface area contributed by atoms with Crippen LogP contribution < -0.4 is 0 Å². The van der Waals surface area contributed by atoms with Gasteiger partial charge in [0.2, 0.25) is 5.54 Å². The van der Waals surface area contributed by atoms with Gasteiger partial charge in [-0.15, -0.1) is 0 Å². The van der Waals surface area contributed by atoms with E-state index in [1.807, 2.05) is 0 Å². The molecule has 30 heavy (non-hydrogen) atoms. The van der Waals surface area contributed by atoms with Gasteiger partial charge >= 0.3 is 18.0 Å². The zero-order valence-electron chi connectivity index (χ0n) is 15.9. The number of amides is 2. The summed E-state index contributed by atoms with van der Waals surface area (Å²) in [5.74, 6) is -3.31. The lowest BCUT2D eigenvalue weighted by Gasteiger charge is -2.48. The number of β-lactam (4-membered cyclic amide) rings is 1. The Bertz CT molecular complexity index is 1010. The molecule has 2 aliphatic heterocycles. The fourth-order valence-corrected chi connectivity index (χ4v) is 3.87. The second-order valence-corrected chi connectivity index (χ2v) is 7.03. The highest BCUT2D eigenvalue weighted by atomic mass is 16.7. The Morgan fingerprint density at radius 2 is 1.60 bits per heavy atom. The van der Waals surface area contributed by atoms with Gasteiger partial charge in [-0.1, -0.05) is 60.7 Å². The molecule has 0 bridgehead atoms. The molecule has 0 aliphatic carbocycles. The highest BCUT2D eigenvalue weighted by molar-refractivity contribution is 6.13. The van der Waals surface area contributed by atoms with Gasteiger partial charge in [-0.2, -0.15) is 5.06 Å². The maximum absolute atomic E-state index is 12.9. The van der Waals surface area contributed by atoms with E-state index in [0.717, 1.165) is 11.8 Å². The Hall–Kier alpha value is -3.88. The van der Waals surface area contributed by atoms with Crippen LogP contribution >= 0.6 is 0 Å². The van der Waals surface area contributed by atoms with Crippen LogP contribution in [0.25, 0.3) is 0 Å². The summed E-state index contributed by atoms with van der Waals surface area (Å²) >= 11 is 0. The molecule has 2 aromatic rings. The van der Waals surface area contributed by atoms with Crippen molar-refractivity contribution in [3.05, 3.63) is 71.8 Å². The van der Waals surface area contributed by atoms with Gasteiger partial charge in [-0.05, 0) is 11.1 Å². The van der Waals surface area contributed by atoms with E-state index in [4.69, 9.17) is 9.57 Å². The minimum atomic E-state index is -2.24. The van der Waals surface area contributed by atoms with Crippen LogP contribution in [-0.4, -0.2) is 51.1 Å². The zero-order chi connectivity index (χ0) is 21.5. The second-order valence-electron chi connectivity index (χ2n) is 7.03. The maximum atomic E-state index is 12.9. The molecule has 9 nitrogen and oxygen atoms in total. The summed E-state index contributed by atoms with van der Waals surface area (Å²) in [5, 5.41) is 10.6. The Labute approximate surface area is 171 Å². The summed E-state index contributed by atoms with van der Waals surface area (Å²) in [4.78, 5) is 54.9. The summed E-state index contributed by atoms with van der Waals surface area (Å²) in [5.41, 5.74) is -0.973. The maximum Gasteiger partial charge on any atom is 0.412 e. The number of rotatable bonds is 5. The van der Waals surface area contributed by atoms with Crippen LogP contribution in [0.4, 0.5) is 4.79 Å². The molecule has 3 atom stereocenters. The SMILES string of the molecule is CC(=O)ON1CC(C(=O)O)(N2C(=O)OC(c3ccccc3)C2c2ccccc2)C1=O. The number of carboxylic acids is 1. The summed E-state index contributed by atoms with van der Waals surface area (Å²) in [7, 11) is 0. The van der Waals surface area contributed by atoms with Crippen molar-refractivity contribution >= 4 is 23.9 Å². The Morgan fingerprint density at radius 3 is 2.10 bits per heavy atom. The summed E-state index contributed by atoms with van der Waals surface area (Å²) in [6, 6.07) is 16.8. The van der Waals surface area contributed by atoms with Crippen molar-refractivity contribution in [3.8, 4) is 0 Å². The monoisotopic (exact) mass is 410 g/mol. The van der Waals surface area contributed by atoms with Crippen molar-refractivity contribution in [1.82, 2.24) is 9.96 Å². The fourth-order valence-electron chi connectivity index (χ4n) is 3.87. The number of ether oxygens (including phenoxy) is 1. The third-order valence-electron chi connectivity index (χ3n) is 5.22. The minimum Gasteiger partial charge on any atom is -0.479 e. The Balaban J connectivity index is 1.80. The lowest BCUT2D eigenvalue weighted by atomic mass is 9.84. The van der Waals surface area contributed by atoms with Crippen molar-refractivity contribution in [2.75, 3.05) is 6.54 Å². The van der Waals surface area contributed by atoms with Gasteiger partial charge in [0.25, 0.3) is 5.91 Å². The molecule has 1 N–H and O–H groups in total. The molecule has 2 aromatic carbocycles. The van der Waals surface area contributed by atoms with E-state index in [9.17, 15) is 24.3 Å². The van der Waals surface area contributed by atoms with Gasteiger partial charge in [0.1, 0.15) is 12.6 Å². The number of benzene rings is 2. The molecular weight excluding hydrogens is 392 g/mol. The smallest absolute Gasteiger partial charge is 0.412 e. The van der Waals surface area contributed by atoms with Crippen LogP contribution in [0.15, 0.2) is 60.7 Å². The third kappa shape index (κ3) is 2.86. The molecule has 9 heteroatoms. The van der Waals surface area contributed by atoms with Crippen LogP contribution in [-0.2, 0) is 24.0 Å². The lowest BCUT2D eigenvalue weighted by Crippen LogP contribution is -2.78. The van der Waals surface area contributed by atoms with E-state index < -0.39 is 48.2 Å². The Kier molecular flexibility index (Phi) is 4.65. The largest absolute Gasteiger partial charge is 0.479 e. The van der Waals surface area contributed by atoms with Gasteiger partial charge in [-0.25, -0.2) is 9.59 Å². The molecule has 2 aliphatic rings. The average molecular weight is 410 g/mol. The molecule has 154 valence electrons. The van der Waals surface area contributed by atoms with Crippen molar-refractivity contribution in [2.24, 2.45) is 0 Å². The second kappa shape index (κ2) is 7.18. The predicted octanol–water partition coefficient (Wildman–Crippen LogP) is 2.06. The number of carbonyl (C=O) groups excluding carboxylic acids is 3. The minimum absolute atomic E-state index is 0.499. The number of aliphatic carboxylic acids is 1. The average Bonchev–Trinajstić information content (AvgIpc) is 3.08. The van der Waals surface area contributed by atoms with E-state index in [2.05, 4.69) is 0 Å². The van der Waals surface area contributed by atoms with E-state index in [0.29, 0.717) is 16.2 Å². The van der Waals surface area contributed by atoms with Crippen molar-refractivity contribution in [1.29, 1.82) is 0 Å². The number of carbonyl (C=O) groups is 4. The van der Waals surface area contributed by atoms with Crippen LogP contribution in [0.5, 0.6) is 0 Å². The first-order valence-electron chi connectivity index (χ1n) is 9.20. The first-order valence-corrected chi connectivity index (χ1v) is 9.20. The van der Waals surface area contributed by atoms with Gasteiger partial charge in [0, 0.05) is 6.92 Å². The fraction of sp³-hybridized carbons (Fsp3) is 0.238. The molecule has 2 saturated heterocycles. The molecule has 2 amide bonds. The number of hydrogen-bond acceptors (Lipinski definition) is 6. The summed E-state index contributed by atoms with van der Waals surface area (Å²) in [6.45, 7) is 0.594. The molecule has 0 spiro atoms. The standard InChI is InChI=1S/C21H18N2O7/c1-13(24)30-22-12-21(18(22)25,19(26)27)23-16(14-8-4-2-5-9-14)17(29-20(23)28)15-10-6-3-7-11-15/h2-11,16-17H,12H2,1H3,(H,26,27). The molecule has 0 radical (unpaired) electrons. The van der Waals surface area contributed by atoms with E-state index in [1.165, 1.54) is 0 Å². The quantitative estimate of drug-likeness (QED) is 0.593. The van der Waals surface area contributed by atoms with Crippen molar-refractivity contribution in [2.45, 2.75) is 24.6 Å². The van der Waals surface area contributed by atoms with Gasteiger partial charge in [0.05, 0.1) is 0 Å². The van der Waals surface area contributed by atoms with Crippen LogP contribution in [0.3, 0.4) is 0 Å². The van der Waals surface area contributed by atoms with Gasteiger partial charge in [-0.3, -0.25) is 14.5 Å². The third-order valence-corrected chi connectivity index (χ3v) is 5.22. The van der Waals surface area contributed by atoms with Crippen molar-refractivity contribution < 1.29 is 33.9 Å². The molecule has 4 rings (SSSR count). The molecule has 2 fully saturated rings. The van der Waals surface area contributed by atoms with Gasteiger partial charge in [0.15, 0.2) is 6.10 Å². The number of hydroxylamine groups is 2. The molecule has 0 aromatic heterocycles. The van der Waals surface area contributed by atoms with Crippen LogP contribution in [0, 0.1) is 0 Å². The molecule has 0 saturated carbocycles. The number of carboxylic acid groups (broad SMARTS) is 1. The number of nitrogens with zero attached hydrogens (tertiary/aromatic N) is 2. The van der Waals surface area contributed by atoms with Crippen LogP contribution in [0.1, 0.15) is 30.2 Å². The van der Waals surface area contributed by atoms with Gasteiger partial charge < -0.3 is 14.7 Å². The normalized spacial score (nSPS) is 25.5. The van der Waals surface area contributed by atoms with Crippen LogP contribution in [0.2, 0.25) is 0 Å².